The first-order chi connectivity index (χ1) is 8.52. The van der Waals surface area contributed by atoms with E-state index < -0.39 is 0 Å². The van der Waals surface area contributed by atoms with Gasteiger partial charge >= 0.3 is 0 Å². The molecular formula is C15H24N2O. The van der Waals surface area contributed by atoms with Crippen molar-refractivity contribution >= 4 is 5.69 Å². The van der Waals surface area contributed by atoms with Gasteiger partial charge in [-0.3, -0.25) is 0 Å². The largest absolute Gasteiger partial charge is 0.494 e. The molecule has 0 saturated carbocycles. The van der Waals surface area contributed by atoms with E-state index in [-0.39, 0.29) is 5.54 Å². The van der Waals surface area contributed by atoms with Crippen molar-refractivity contribution in [1.82, 2.24) is 5.32 Å². The summed E-state index contributed by atoms with van der Waals surface area (Å²) in [5, 5.41) is 3.57. The van der Waals surface area contributed by atoms with Crippen LogP contribution in [0.25, 0.3) is 0 Å². The maximum atomic E-state index is 5.58. The molecule has 3 heteroatoms. The Morgan fingerprint density at radius 1 is 1.44 bits per heavy atom. The van der Waals surface area contributed by atoms with E-state index in [9.17, 15) is 0 Å². The zero-order valence-electron chi connectivity index (χ0n) is 11.9. The van der Waals surface area contributed by atoms with E-state index >= 15 is 0 Å². The summed E-state index contributed by atoms with van der Waals surface area (Å²) in [5.74, 6) is 0.957. The van der Waals surface area contributed by atoms with Crippen molar-refractivity contribution in [3.05, 3.63) is 24.3 Å². The smallest absolute Gasteiger partial charge is 0.121 e. The third-order valence-corrected chi connectivity index (χ3v) is 3.43. The van der Waals surface area contributed by atoms with Gasteiger partial charge in [0.2, 0.25) is 0 Å². The fourth-order valence-corrected chi connectivity index (χ4v) is 2.44. The van der Waals surface area contributed by atoms with Gasteiger partial charge in [-0.1, -0.05) is 6.07 Å². The predicted octanol–water partition coefficient (Wildman–Crippen LogP) is 2.66. The van der Waals surface area contributed by atoms with Gasteiger partial charge in [0, 0.05) is 36.4 Å². The second-order valence-electron chi connectivity index (χ2n) is 5.67. The molecule has 1 aliphatic rings. The first kappa shape index (κ1) is 13.2. The number of piperazine rings is 1. The molecular weight excluding hydrogens is 224 g/mol. The predicted molar refractivity (Wildman–Crippen MR) is 76.5 cm³/mol. The molecule has 1 aliphatic heterocycles. The van der Waals surface area contributed by atoms with E-state index in [2.05, 4.69) is 49.2 Å². The molecule has 2 rings (SSSR count). The average molecular weight is 248 g/mol. The molecule has 18 heavy (non-hydrogen) atoms. The van der Waals surface area contributed by atoms with Crippen LogP contribution in [0.5, 0.6) is 5.75 Å². The maximum absolute atomic E-state index is 5.58. The van der Waals surface area contributed by atoms with Crippen LogP contribution < -0.4 is 15.0 Å². The fourth-order valence-electron chi connectivity index (χ4n) is 2.44. The van der Waals surface area contributed by atoms with Crippen molar-refractivity contribution in [1.29, 1.82) is 0 Å². The highest BCUT2D eigenvalue weighted by Gasteiger charge is 2.30. The van der Waals surface area contributed by atoms with Crippen LogP contribution in [0.1, 0.15) is 27.7 Å². The van der Waals surface area contributed by atoms with Crippen LogP contribution in [0.15, 0.2) is 24.3 Å². The van der Waals surface area contributed by atoms with Gasteiger partial charge in [-0.25, -0.2) is 0 Å². The molecule has 100 valence electrons. The SMILES string of the molecule is CCOc1cccc(N2CC(C)(C)NCC2C)c1. The van der Waals surface area contributed by atoms with Crippen molar-refractivity contribution in [3.63, 3.8) is 0 Å². The molecule has 0 aliphatic carbocycles. The molecule has 1 atom stereocenters. The van der Waals surface area contributed by atoms with Crippen LogP contribution in [-0.4, -0.2) is 31.3 Å². The van der Waals surface area contributed by atoms with Crippen LogP contribution in [0.4, 0.5) is 5.69 Å². The lowest BCUT2D eigenvalue weighted by Gasteiger charge is -2.44. The summed E-state index contributed by atoms with van der Waals surface area (Å²) >= 11 is 0. The van der Waals surface area contributed by atoms with E-state index in [1.54, 1.807) is 0 Å². The molecule has 1 aromatic rings. The van der Waals surface area contributed by atoms with Crippen LogP contribution in [0, 0.1) is 0 Å². The molecule has 3 nitrogen and oxygen atoms in total. The molecule has 0 aromatic heterocycles. The second kappa shape index (κ2) is 5.19. The summed E-state index contributed by atoms with van der Waals surface area (Å²) in [6.45, 7) is 11.5. The Hall–Kier alpha value is -1.22. The number of nitrogens with zero attached hydrogens (tertiary/aromatic N) is 1. The minimum atomic E-state index is 0.161. The third-order valence-electron chi connectivity index (χ3n) is 3.43. The van der Waals surface area contributed by atoms with Crippen molar-refractivity contribution < 1.29 is 4.74 Å². The van der Waals surface area contributed by atoms with E-state index in [1.807, 2.05) is 13.0 Å². The standard InChI is InChI=1S/C15H24N2O/c1-5-18-14-8-6-7-13(9-14)17-11-15(3,4)16-10-12(17)2/h6-9,12,16H,5,10-11H2,1-4H3. The van der Waals surface area contributed by atoms with Gasteiger partial charge in [0.05, 0.1) is 6.61 Å². The quantitative estimate of drug-likeness (QED) is 0.890. The Bertz CT molecular complexity index is 403. The summed E-state index contributed by atoms with van der Waals surface area (Å²) < 4.78 is 5.58. The van der Waals surface area contributed by atoms with Gasteiger partial charge in [0.1, 0.15) is 5.75 Å². The lowest BCUT2D eigenvalue weighted by molar-refractivity contribution is 0.317. The van der Waals surface area contributed by atoms with Gasteiger partial charge in [-0.05, 0) is 39.8 Å². The van der Waals surface area contributed by atoms with Gasteiger partial charge in [-0.2, -0.15) is 0 Å². The first-order valence-electron chi connectivity index (χ1n) is 6.76. The van der Waals surface area contributed by atoms with Crippen molar-refractivity contribution in [2.45, 2.75) is 39.3 Å². The molecule has 1 N–H and O–H groups in total. The highest BCUT2D eigenvalue weighted by Crippen LogP contribution is 2.26. The topological polar surface area (TPSA) is 24.5 Å². The number of hydrogen-bond acceptors (Lipinski definition) is 3. The van der Waals surface area contributed by atoms with E-state index in [4.69, 9.17) is 4.74 Å². The summed E-state index contributed by atoms with van der Waals surface area (Å²) in [6, 6.07) is 8.91. The number of rotatable bonds is 3. The van der Waals surface area contributed by atoms with E-state index in [0.717, 1.165) is 18.8 Å². The van der Waals surface area contributed by atoms with Crippen molar-refractivity contribution in [2.24, 2.45) is 0 Å². The summed E-state index contributed by atoms with van der Waals surface area (Å²) in [5.41, 5.74) is 1.41. The monoisotopic (exact) mass is 248 g/mol. The van der Waals surface area contributed by atoms with Gasteiger partial charge in [0.25, 0.3) is 0 Å². The highest BCUT2D eigenvalue weighted by atomic mass is 16.5. The Morgan fingerprint density at radius 2 is 2.22 bits per heavy atom. The molecule has 0 radical (unpaired) electrons. The molecule has 1 fully saturated rings. The zero-order chi connectivity index (χ0) is 13.2. The number of hydrogen-bond donors (Lipinski definition) is 1. The lowest BCUT2D eigenvalue weighted by Crippen LogP contribution is -2.61. The van der Waals surface area contributed by atoms with Crippen LogP contribution in [-0.2, 0) is 0 Å². The Labute approximate surface area is 110 Å². The van der Waals surface area contributed by atoms with E-state index in [0.29, 0.717) is 12.6 Å². The van der Waals surface area contributed by atoms with Gasteiger partial charge in [0.15, 0.2) is 0 Å². The number of nitrogens with one attached hydrogen (secondary N) is 1. The molecule has 0 spiro atoms. The summed E-state index contributed by atoms with van der Waals surface area (Å²) in [6.07, 6.45) is 0. The van der Waals surface area contributed by atoms with Crippen LogP contribution in [0.2, 0.25) is 0 Å². The molecule has 1 saturated heterocycles. The molecule has 1 unspecified atom stereocenters. The van der Waals surface area contributed by atoms with E-state index in [1.165, 1.54) is 5.69 Å². The average Bonchev–Trinajstić information content (AvgIpc) is 2.33. The molecule has 0 bridgehead atoms. The highest BCUT2D eigenvalue weighted by molar-refractivity contribution is 5.52. The fraction of sp³-hybridized carbons (Fsp3) is 0.600. The van der Waals surface area contributed by atoms with Crippen LogP contribution >= 0.6 is 0 Å². The maximum Gasteiger partial charge on any atom is 0.121 e. The summed E-state index contributed by atoms with van der Waals surface area (Å²) in [7, 11) is 0. The minimum absolute atomic E-state index is 0.161. The second-order valence-corrected chi connectivity index (χ2v) is 5.67. The lowest BCUT2D eigenvalue weighted by atomic mass is 9.98. The summed E-state index contributed by atoms with van der Waals surface area (Å²) in [4.78, 5) is 2.46. The van der Waals surface area contributed by atoms with Gasteiger partial charge < -0.3 is 15.0 Å². The Kier molecular flexibility index (Phi) is 3.81. The third kappa shape index (κ3) is 2.96. The number of anilines is 1. The minimum Gasteiger partial charge on any atom is -0.494 e. The van der Waals surface area contributed by atoms with Crippen molar-refractivity contribution in [3.8, 4) is 5.75 Å². The van der Waals surface area contributed by atoms with Gasteiger partial charge in [-0.15, -0.1) is 0 Å². The molecule has 0 amide bonds. The Morgan fingerprint density at radius 3 is 2.94 bits per heavy atom. The zero-order valence-corrected chi connectivity index (χ0v) is 11.9. The van der Waals surface area contributed by atoms with Crippen molar-refractivity contribution in [2.75, 3.05) is 24.6 Å². The Balaban J connectivity index is 2.20. The molecule has 1 aromatic carbocycles. The molecule has 1 heterocycles. The normalized spacial score (nSPS) is 22.9. The van der Waals surface area contributed by atoms with Crippen LogP contribution in [0.3, 0.4) is 0 Å². The number of ether oxygens (including phenoxy) is 1. The first-order valence-corrected chi connectivity index (χ1v) is 6.76. The number of benzene rings is 1.